The highest BCUT2D eigenvalue weighted by molar-refractivity contribution is 9.10. The Bertz CT molecular complexity index is 1470. The van der Waals surface area contributed by atoms with Crippen molar-refractivity contribution in [1.82, 2.24) is 19.2 Å². The number of alkyl halides is 3. The van der Waals surface area contributed by atoms with Crippen molar-refractivity contribution < 1.29 is 21.6 Å². The van der Waals surface area contributed by atoms with Crippen molar-refractivity contribution in [3.05, 3.63) is 72.9 Å². The highest BCUT2D eigenvalue weighted by Crippen LogP contribution is 2.33. The van der Waals surface area contributed by atoms with E-state index in [9.17, 15) is 26.4 Å². The lowest BCUT2D eigenvalue weighted by molar-refractivity contribution is -0.138. The number of hydrogen-bond donors (Lipinski definition) is 0. The van der Waals surface area contributed by atoms with E-state index in [2.05, 4.69) is 26.1 Å². The van der Waals surface area contributed by atoms with Crippen molar-refractivity contribution in [2.75, 3.05) is 0 Å². The van der Waals surface area contributed by atoms with Gasteiger partial charge in [0, 0.05) is 22.2 Å². The molecular formula is C18H12BrF3N4O3S2. The van der Waals surface area contributed by atoms with Gasteiger partial charge in [-0.3, -0.25) is 13.8 Å². The largest absolute Gasteiger partial charge is 0.416 e. The van der Waals surface area contributed by atoms with Gasteiger partial charge in [0.1, 0.15) is 0 Å². The van der Waals surface area contributed by atoms with Crippen molar-refractivity contribution in [1.29, 1.82) is 0 Å². The number of halogens is 4. The fraction of sp³-hybridized carbons (Fsp3) is 0.167. The molecule has 0 unspecified atom stereocenters. The molecule has 13 heteroatoms. The van der Waals surface area contributed by atoms with E-state index in [1.165, 1.54) is 42.8 Å². The summed E-state index contributed by atoms with van der Waals surface area (Å²) in [5.74, 6) is -0.353. The second-order valence-corrected chi connectivity index (χ2v) is 10.1. The lowest BCUT2D eigenvalue weighted by atomic mass is 10.1. The molecule has 0 aliphatic rings. The predicted octanol–water partition coefficient (Wildman–Crippen LogP) is 4.01. The summed E-state index contributed by atoms with van der Waals surface area (Å²) in [6.45, 7) is 1.26. The van der Waals surface area contributed by atoms with Gasteiger partial charge >= 0.3 is 11.7 Å². The van der Waals surface area contributed by atoms with Crippen LogP contribution in [0.4, 0.5) is 13.2 Å². The minimum atomic E-state index is -4.58. The van der Waals surface area contributed by atoms with Crippen LogP contribution in [-0.4, -0.2) is 27.6 Å². The zero-order valence-electron chi connectivity index (χ0n) is 15.6. The zero-order valence-corrected chi connectivity index (χ0v) is 18.8. The summed E-state index contributed by atoms with van der Waals surface area (Å²) in [7, 11) is -3.95. The number of hydrogen-bond acceptors (Lipinski definition) is 6. The first kappa shape index (κ1) is 21.7. The minimum absolute atomic E-state index is 0.0111. The van der Waals surface area contributed by atoms with Gasteiger partial charge in [-0.25, -0.2) is 8.42 Å². The summed E-state index contributed by atoms with van der Waals surface area (Å²) in [6, 6.07) is 3.48. The molecule has 0 saturated carbocycles. The van der Waals surface area contributed by atoms with E-state index in [0.29, 0.717) is 10.0 Å². The van der Waals surface area contributed by atoms with E-state index in [0.717, 1.165) is 15.0 Å². The summed E-state index contributed by atoms with van der Waals surface area (Å²) < 4.78 is 68.0. The molecule has 1 aromatic carbocycles. The third-order valence-electron chi connectivity index (χ3n) is 4.62. The Hall–Kier alpha value is -2.51. The van der Waals surface area contributed by atoms with Crippen LogP contribution in [0.25, 0.3) is 11.3 Å². The Balaban J connectivity index is 1.83. The molecule has 0 atom stereocenters. The molecule has 0 aliphatic carbocycles. The molecule has 7 nitrogen and oxygen atoms in total. The van der Waals surface area contributed by atoms with Gasteiger partial charge in [-0.2, -0.15) is 24.5 Å². The van der Waals surface area contributed by atoms with Crippen LogP contribution >= 0.6 is 27.3 Å². The number of benzene rings is 1. The Labute approximate surface area is 185 Å². The first-order valence-electron chi connectivity index (χ1n) is 8.57. The average molecular weight is 533 g/mol. The monoisotopic (exact) mass is 532 g/mol. The van der Waals surface area contributed by atoms with Crippen LogP contribution in [0.2, 0.25) is 0 Å². The second-order valence-electron chi connectivity index (χ2n) is 6.60. The minimum Gasteiger partial charge on any atom is -0.279 e. The maximum Gasteiger partial charge on any atom is 0.416 e. The van der Waals surface area contributed by atoms with Gasteiger partial charge in [-0.1, -0.05) is 6.07 Å². The average Bonchev–Trinajstić information content (AvgIpc) is 3.29. The van der Waals surface area contributed by atoms with Crippen LogP contribution in [0.15, 0.2) is 55.8 Å². The number of rotatable bonds is 4. The van der Waals surface area contributed by atoms with E-state index < -0.39 is 32.3 Å². The molecule has 0 aliphatic heterocycles. The number of nitrogens with zero attached hydrogens (tertiary/aromatic N) is 4. The fourth-order valence-corrected chi connectivity index (χ4v) is 6.26. The molecule has 0 N–H and O–H groups in total. The molecule has 0 spiro atoms. The van der Waals surface area contributed by atoms with Crippen LogP contribution in [0, 0.1) is 6.92 Å². The van der Waals surface area contributed by atoms with Crippen molar-refractivity contribution in [3.63, 3.8) is 0 Å². The van der Waals surface area contributed by atoms with Crippen molar-refractivity contribution >= 4 is 42.8 Å². The van der Waals surface area contributed by atoms with E-state index in [1.807, 2.05) is 0 Å². The molecule has 162 valence electrons. The van der Waals surface area contributed by atoms with Crippen molar-refractivity contribution in [2.24, 2.45) is 0 Å². The third kappa shape index (κ3) is 3.81. The second kappa shape index (κ2) is 7.57. The van der Waals surface area contributed by atoms with Crippen molar-refractivity contribution in [2.45, 2.75) is 24.0 Å². The molecule has 3 heterocycles. The first-order chi connectivity index (χ1) is 14.5. The summed E-state index contributed by atoms with van der Waals surface area (Å²) in [5.41, 5.74) is -1.58. The van der Waals surface area contributed by atoms with Gasteiger partial charge in [0.05, 0.1) is 17.0 Å². The highest BCUT2D eigenvalue weighted by Gasteiger charge is 2.33. The summed E-state index contributed by atoms with van der Waals surface area (Å²) in [4.78, 5) is 12.9. The lowest BCUT2D eigenvalue weighted by Gasteiger charge is -2.15. The van der Waals surface area contributed by atoms with Gasteiger partial charge in [-0.15, -0.1) is 10.2 Å². The molecule has 4 aromatic rings. The molecule has 31 heavy (non-hydrogen) atoms. The smallest absolute Gasteiger partial charge is 0.279 e. The topological polar surface area (TPSA) is 86.3 Å². The van der Waals surface area contributed by atoms with Crippen molar-refractivity contribution in [3.8, 4) is 5.69 Å². The van der Waals surface area contributed by atoms with E-state index in [1.54, 1.807) is 10.8 Å². The molecule has 0 saturated heterocycles. The third-order valence-corrected chi connectivity index (χ3v) is 7.98. The molecule has 0 amide bonds. The number of fused-ring (bicyclic) bond motifs is 1. The van der Waals surface area contributed by atoms with E-state index >= 15 is 0 Å². The predicted molar refractivity (Wildman–Crippen MR) is 111 cm³/mol. The number of thiophene rings is 1. The quantitative estimate of drug-likeness (QED) is 0.396. The van der Waals surface area contributed by atoms with E-state index in [-0.39, 0.29) is 22.7 Å². The van der Waals surface area contributed by atoms with Gasteiger partial charge in [-0.05, 0) is 51.5 Å². The Kier molecular flexibility index (Phi) is 5.30. The molecule has 0 fully saturated rings. The van der Waals surface area contributed by atoms with Gasteiger partial charge in [0.2, 0.25) is 15.5 Å². The first-order valence-corrected chi connectivity index (χ1v) is 12.0. The molecular weight excluding hydrogens is 521 g/mol. The van der Waals surface area contributed by atoms with Crippen LogP contribution in [0.3, 0.4) is 0 Å². The molecule has 3 aromatic heterocycles. The maximum absolute atomic E-state index is 13.2. The van der Waals surface area contributed by atoms with Crippen LogP contribution in [0.1, 0.15) is 16.7 Å². The fourth-order valence-electron chi connectivity index (χ4n) is 3.14. The summed E-state index contributed by atoms with van der Waals surface area (Å²) >= 11 is 4.60. The van der Waals surface area contributed by atoms with Crippen LogP contribution in [0.5, 0.6) is 0 Å². The lowest BCUT2D eigenvalue weighted by Crippen LogP contribution is -2.22. The Morgan fingerprint density at radius 1 is 1.16 bits per heavy atom. The molecule has 4 rings (SSSR count). The van der Waals surface area contributed by atoms with Crippen LogP contribution in [-0.2, 0) is 21.8 Å². The van der Waals surface area contributed by atoms with Crippen LogP contribution < -0.4 is 5.56 Å². The number of aromatic nitrogens is 4. The summed E-state index contributed by atoms with van der Waals surface area (Å²) in [5, 5.41) is 10.4. The van der Waals surface area contributed by atoms with Gasteiger partial charge in [0.25, 0.3) is 5.16 Å². The SMILES string of the molecule is Cc1c(-n2ccn3c(S(=O)(=O)Cc4cscc4Br)nnc3c2=O)cccc1C(F)(F)F. The maximum atomic E-state index is 13.2. The molecule has 0 bridgehead atoms. The van der Waals surface area contributed by atoms with E-state index in [4.69, 9.17) is 0 Å². The highest BCUT2D eigenvalue weighted by atomic mass is 79.9. The Morgan fingerprint density at radius 3 is 2.55 bits per heavy atom. The number of sulfone groups is 1. The Morgan fingerprint density at radius 2 is 1.90 bits per heavy atom. The zero-order chi connectivity index (χ0) is 22.6. The van der Waals surface area contributed by atoms with Gasteiger partial charge in [0.15, 0.2) is 0 Å². The standard InChI is InChI=1S/C18H12BrF3N4O3S2/c1-10-12(18(20,21)22)3-2-4-14(10)25-5-6-26-15(16(25)27)23-24-17(26)31(28,29)9-11-7-30-8-13(11)19/h2-8H,9H2,1H3. The summed E-state index contributed by atoms with van der Waals surface area (Å²) in [6.07, 6.45) is -2.15. The normalized spacial score (nSPS) is 12.5. The van der Waals surface area contributed by atoms with Gasteiger partial charge < -0.3 is 0 Å². The molecule has 0 radical (unpaired) electrons.